The van der Waals surface area contributed by atoms with Crippen LogP contribution in [-0.4, -0.2) is 10.7 Å². The molecule has 3 rings (SSSR count). The number of aryl methyl sites for hydroxylation is 1. The Morgan fingerprint density at radius 2 is 2.16 bits per heavy atom. The largest absolute Gasteiger partial charge is 0.475 e. The van der Waals surface area contributed by atoms with Crippen LogP contribution in [0.3, 0.4) is 0 Å². The predicted octanol–water partition coefficient (Wildman–Crippen LogP) is 3.03. The van der Waals surface area contributed by atoms with E-state index in [0.29, 0.717) is 0 Å². The SMILES string of the molecule is CCCC1CCc2c(n(C)c3ccccc3c2=O)O1. The molecule has 100 valence electrons. The van der Waals surface area contributed by atoms with Crippen LogP contribution in [0.2, 0.25) is 0 Å². The molecule has 1 aliphatic heterocycles. The number of ether oxygens (including phenoxy) is 1. The van der Waals surface area contributed by atoms with Gasteiger partial charge in [0.2, 0.25) is 5.88 Å². The van der Waals surface area contributed by atoms with Gasteiger partial charge in [-0.15, -0.1) is 0 Å². The van der Waals surface area contributed by atoms with E-state index in [1.807, 2.05) is 35.9 Å². The molecule has 0 N–H and O–H groups in total. The second-order valence-electron chi connectivity index (χ2n) is 5.26. The Balaban J connectivity index is 2.19. The smallest absolute Gasteiger partial charge is 0.201 e. The van der Waals surface area contributed by atoms with Crippen molar-refractivity contribution >= 4 is 10.9 Å². The van der Waals surface area contributed by atoms with E-state index in [-0.39, 0.29) is 11.5 Å². The Hall–Kier alpha value is -1.77. The van der Waals surface area contributed by atoms with Crippen LogP contribution in [0.5, 0.6) is 5.88 Å². The van der Waals surface area contributed by atoms with E-state index in [1.54, 1.807) is 0 Å². The average molecular weight is 257 g/mol. The topological polar surface area (TPSA) is 31.2 Å². The average Bonchev–Trinajstić information content (AvgIpc) is 2.45. The molecule has 1 aromatic carbocycles. The van der Waals surface area contributed by atoms with Crippen molar-refractivity contribution in [1.82, 2.24) is 4.57 Å². The third kappa shape index (κ3) is 1.93. The fourth-order valence-corrected chi connectivity index (χ4v) is 2.95. The number of hydrogen-bond donors (Lipinski definition) is 0. The van der Waals surface area contributed by atoms with Crippen molar-refractivity contribution in [2.75, 3.05) is 0 Å². The zero-order valence-corrected chi connectivity index (χ0v) is 11.5. The van der Waals surface area contributed by atoms with Gasteiger partial charge in [-0.05, 0) is 31.4 Å². The normalized spacial score (nSPS) is 18.1. The molecule has 0 radical (unpaired) electrons. The summed E-state index contributed by atoms with van der Waals surface area (Å²) in [6.45, 7) is 2.16. The standard InChI is InChI=1S/C16H19NO2/c1-3-6-11-9-10-13-15(18)12-7-4-5-8-14(12)17(2)16(13)19-11/h4-5,7-8,11H,3,6,9-10H2,1-2H3. The van der Waals surface area contributed by atoms with E-state index >= 15 is 0 Å². The third-order valence-electron chi connectivity index (χ3n) is 3.95. The molecule has 2 aromatic rings. The fraction of sp³-hybridized carbons (Fsp3) is 0.438. The molecule has 1 aliphatic rings. The monoisotopic (exact) mass is 257 g/mol. The number of rotatable bonds is 2. The maximum absolute atomic E-state index is 12.5. The summed E-state index contributed by atoms with van der Waals surface area (Å²) in [6.07, 6.45) is 4.21. The summed E-state index contributed by atoms with van der Waals surface area (Å²) in [4.78, 5) is 12.5. The second-order valence-corrected chi connectivity index (χ2v) is 5.26. The lowest BCUT2D eigenvalue weighted by molar-refractivity contribution is 0.149. The van der Waals surface area contributed by atoms with E-state index in [1.165, 1.54) is 0 Å². The van der Waals surface area contributed by atoms with Crippen LogP contribution in [0.25, 0.3) is 10.9 Å². The Bertz CT molecular complexity index is 672. The number of pyridine rings is 1. The lowest BCUT2D eigenvalue weighted by atomic mass is 9.99. The summed E-state index contributed by atoms with van der Waals surface area (Å²) >= 11 is 0. The molecule has 0 saturated heterocycles. The van der Waals surface area contributed by atoms with Gasteiger partial charge >= 0.3 is 0 Å². The zero-order chi connectivity index (χ0) is 13.4. The van der Waals surface area contributed by atoms with Crippen molar-refractivity contribution in [3.63, 3.8) is 0 Å². The molecule has 0 fully saturated rings. The Labute approximate surface area is 112 Å². The minimum Gasteiger partial charge on any atom is -0.475 e. The maximum atomic E-state index is 12.5. The van der Waals surface area contributed by atoms with Gasteiger partial charge in [0, 0.05) is 12.4 Å². The van der Waals surface area contributed by atoms with E-state index in [4.69, 9.17) is 4.74 Å². The number of hydrogen-bond acceptors (Lipinski definition) is 2. The van der Waals surface area contributed by atoms with Gasteiger partial charge in [-0.25, -0.2) is 0 Å². The predicted molar refractivity (Wildman–Crippen MR) is 76.8 cm³/mol. The number of aromatic nitrogens is 1. The van der Waals surface area contributed by atoms with Crippen molar-refractivity contribution < 1.29 is 4.74 Å². The quantitative estimate of drug-likeness (QED) is 0.828. The van der Waals surface area contributed by atoms with Gasteiger partial charge in [0.1, 0.15) is 6.10 Å². The van der Waals surface area contributed by atoms with E-state index in [0.717, 1.165) is 48.0 Å². The molecule has 19 heavy (non-hydrogen) atoms. The minimum atomic E-state index is 0.138. The van der Waals surface area contributed by atoms with Crippen molar-refractivity contribution in [3.8, 4) is 5.88 Å². The van der Waals surface area contributed by atoms with Crippen LogP contribution in [-0.2, 0) is 13.5 Å². The number of fused-ring (bicyclic) bond motifs is 2. The lowest BCUT2D eigenvalue weighted by Gasteiger charge is -2.28. The number of benzene rings is 1. The van der Waals surface area contributed by atoms with Gasteiger partial charge < -0.3 is 9.30 Å². The summed E-state index contributed by atoms with van der Waals surface area (Å²) in [7, 11) is 1.98. The number of nitrogens with zero attached hydrogens (tertiary/aromatic N) is 1. The zero-order valence-electron chi connectivity index (χ0n) is 11.5. The first kappa shape index (κ1) is 12.3. The summed E-state index contributed by atoms with van der Waals surface area (Å²) in [5.41, 5.74) is 1.93. The summed E-state index contributed by atoms with van der Waals surface area (Å²) in [6, 6.07) is 7.75. The molecular weight excluding hydrogens is 238 g/mol. The first-order valence-electron chi connectivity index (χ1n) is 6.99. The molecule has 3 heteroatoms. The van der Waals surface area contributed by atoms with E-state index in [9.17, 15) is 4.79 Å². The van der Waals surface area contributed by atoms with Crippen LogP contribution in [0, 0.1) is 0 Å². The first-order chi connectivity index (χ1) is 9.22. The first-order valence-corrected chi connectivity index (χ1v) is 6.99. The molecule has 1 aromatic heterocycles. The molecule has 0 aliphatic carbocycles. The lowest BCUT2D eigenvalue weighted by Crippen LogP contribution is -2.29. The molecule has 1 atom stereocenters. The molecule has 0 amide bonds. The molecular formula is C16H19NO2. The van der Waals surface area contributed by atoms with Crippen molar-refractivity contribution in [1.29, 1.82) is 0 Å². The van der Waals surface area contributed by atoms with Crippen molar-refractivity contribution in [2.45, 2.75) is 38.7 Å². The Morgan fingerprint density at radius 3 is 2.95 bits per heavy atom. The molecule has 0 bridgehead atoms. The van der Waals surface area contributed by atoms with Gasteiger partial charge in [-0.1, -0.05) is 25.5 Å². The summed E-state index contributed by atoms with van der Waals surface area (Å²) < 4.78 is 8.08. The minimum absolute atomic E-state index is 0.138. The fourth-order valence-electron chi connectivity index (χ4n) is 2.95. The third-order valence-corrected chi connectivity index (χ3v) is 3.95. The van der Waals surface area contributed by atoms with Crippen molar-refractivity contribution in [2.24, 2.45) is 7.05 Å². The molecule has 0 saturated carbocycles. The molecule has 3 nitrogen and oxygen atoms in total. The highest BCUT2D eigenvalue weighted by Crippen LogP contribution is 2.29. The van der Waals surface area contributed by atoms with Gasteiger partial charge in [0.05, 0.1) is 11.1 Å². The summed E-state index contributed by atoms with van der Waals surface area (Å²) in [5, 5.41) is 0.793. The van der Waals surface area contributed by atoms with E-state index < -0.39 is 0 Å². The number of para-hydroxylation sites is 1. The molecule has 1 unspecified atom stereocenters. The Morgan fingerprint density at radius 1 is 1.37 bits per heavy atom. The second kappa shape index (κ2) is 4.72. The van der Waals surface area contributed by atoms with Gasteiger partial charge in [0.25, 0.3) is 0 Å². The highest BCUT2D eigenvalue weighted by atomic mass is 16.5. The van der Waals surface area contributed by atoms with Crippen LogP contribution < -0.4 is 10.2 Å². The van der Waals surface area contributed by atoms with E-state index in [2.05, 4.69) is 6.92 Å². The maximum Gasteiger partial charge on any atom is 0.201 e. The Kier molecular flexibility index (Phi) is 3.05. The highest BCUT2D eigenvalue weighted by Gasteiger charge is 2.24. The molecule has 0 spiro atoms. The van der Waals surface area contributed by atoms with Crippen LogP contribution >= 0.6 is 0 Å². The summed E-state index contributed by atoms with van der Waals surface area (Å²) in [5.74, 6) is 0.772. The van der Waals surface area contributed by atoms with Gasteiger partial charge in [-0.2, -0.15) is 0 Å². The van der Waals surface area contributed by atoms with Crippen LogP contribution in [0.1, 0.15) is 31.7 Å². The van der Waals surface area contributed by atoms with Crippen LogP contribution in [0.15, 0.2) is 29.1 Å². The molecule has 2 heterocycles. The van der Waals surface area contributed by atoms with Gasteiger partial charge in [-0.3, -0.25) is 4.79 Å². The highest BCUT2D eigenvalue weighted by molar-refractivity contribution is 5.80. The van der Waals surface area contributed by atoms with Crippen LogP contribution in [0.4, 0.5) is 0 Å². The van der Waals surface area contributed by atoms with Crippen molar-refractivity contribution in [3.05, 3.63) is 40.1 Å². The van der Waals surface area contributed by atoms with Gasteiger partial charge in [0.15, 0.2) is 5.43 Å².